The molecule has 1 saturated heterocycles. The second kappa shape index (κ2) is 7.67. The smallest absolute Gasteiger partial charge is 0.416 e. The number of aromatic nitrogens is 2. The van der Waals surface area contributed by atoms with Gasteiger partial charge in [0.1, 0.15) is 17.9 Å². The number of nitrogens with zero attached hydrogens (tertiary/aromatic N) is 1. The summed E-state index contributed by atoms with van der Waals surface area (Å²) in [6.07, 6.45) is -1.35. The van der Waals surface area contributed by atoms with Crippen LogP contribution in [0.1, 0.15) is 36.8 Å². The van der Waals surface area contributed by atoms with Crippen molar-refractivity contribution in [2.24, 2.45) is 0 Å². The van der Waals surface area contributed by atoms with Crippen molar-refractivity contribution in [3.63, 3.8) is 0 Å². The van der Waals surface area contributed by atoms with Crippen LogP contribution in [0.5, 0.6) is 5.75 Å². The van der Waals surface area contributed by atoms with Crippen molar-refractivity contribution in [1.82, 2.24) is 15.3 Å². The Bertz CT molecular complexity index is 984. The molecule has 1 aliphatic rings. The topological polar surface area (TPSA) is 49.9 Å². The Balaban J connectivity index is 1.43. The van der Waals surface area contributed by atoms with Crippen LogP contribution in [0.2, 0.25) is 0 Å². The number of hydrogen-bond donors (Lipinski definition) is 2. The molecule has 0 aliphatic carbocycles. The van der Waals surface area contributed by atoms with Crippen molar-refractivity contribution in [3.05, 3.63) is 59.7 Å². The van der Waals surface area contributed by atoms with Gasteiger partial charge in [0.05, 0.1) is 17.4 Å². The zero-order valence-corrected chi connectivity index (χ0v) is 15.8. The van der Waals surface area contributed by atoms with E-state index in [-0.39, 0.29) is 23.5 Å². The highest BCUT2D eigenvalue weighted by atomic mass is 19.4. The van der Waals surface area contributed by atoms with E-state index >= 15 is 0 Å². The molecule has 4 nitrogen and oxygen atoms in total. The number of hydrogen-bond acceptors (Lipinski definition) is 3. The summed E-state index contributed by atoms with van der Waals surface area (Å²) in [5.41, 5.74) is 1.08. The minimum Gasteiger partial charge on any atom is -0.492 e. The highest BCUT2D eigenvalue weighted by molar-refractivity contribution is 5.76. The average Bonchev–Trinajstić information content (AvgIpc) is 3.15. The largest absolute Gasteiger partial charge is 0.492 e. The molecule has 3 unspecified atom stereocenters. The molecule has 2 heterocycles. The number of nitrogens with one attached hydrogen (secondary N) is 2. The summed E-state index contributed by atoms with van der Waals surface area (Å²) in [6, 6.07) is 8.60. The van der Waals surface area contributed by atoms with E-state index < -0.39 is 17.6 Å². The van der Waals surface area contributed by atoms with Crippen molar-refractivity contribution >= 4 is 11.0 Å². The summed E-state index contributed by atoms with van der Waals surface area (Å²) >= 11 is 0. The van der Waals surface area contributed by atoms with Gasteiger partial charge in [-0.1, -0.05) is 12.1 Å². The van der Waals surface area contributed by atoms with Gasteiger partial charge < -0.3 is 15.0 Å². The minimum absolute atomic E-state index is 0.00608. The second-order valence-electron chi connectivity index (χ2n) is 7.57. The summed E-state index contributed by atoms with van der Waals surface area (Å²) in [6.45, 7) is 2.38. The van der Waals surface area contributed by atoms with Gasteiger partial charge in [-0.2, -0.15) is 13.2 Å². The van der Waals surface area contributed by atoms with Crippen molar-refractivity contribution in [2.45, 2.75) is 43.9 Å². The van der Waals surface area contributed by atoms with Gasteiger partial charge in [0.2, 0.25) is 0 Å². The molecular formula is C21H21F4N3O. The van der Waals surface area contributed by atoms with Crippen LogP contribution < -0.4 is 10.1 Å². The van der Waals surface area contributed by atoms with E-state index in [1.807, 2.05) is 6.92 Å². The van der Waals surface area contributed by atoms with Crippen LogP contribution in [-0.2, 0) is 6.18 Å². The summed E-state index contributed by atoms with van der Waals surface area (Å²) in [5.74, 6) is 0.0886. The third-order valence-corrected chi connectivity index (χ3v) is 5.34. The van der Waals surface area contributed by atoms with Gasteiger partial charge in [0.25, 0.3) is 0 Å². The van der Waals surface area contributed by atoms with E-state index in [4.69, 9.17) is 4.74 Å². The first kappa shape index (κ1) is 19.7. The third kappa shape index (κ3) is 4.37. The molecule has 2 N–H and O–H groups in total. The van der Waals surface area contributed by atoms with Gasteiger partial charge in [-0.25, -0.2) is 9.37 Å². The van der Waals surface area contributed by atoms with Gasteiger partial charge in [-0.3, -0.25) is 0 Å². The molecule has 3 atom stereocenters. The quantitative estimate of drug-likeness (QED) is 0.597. The summed E-state index contributed by atoms with van der Waals surface area (Å²) in [4.78, 5) is 6.78. The van der Waals surface area contributed by atoms with Crippen molar-refractivity contribution in [1.29, 1.82) is 0 Å². The normalized spacial score (nSPS) is 22.7. The maximum absolute atomic E-state index is 14.0. The van der Waals surface area contributed by atoms with Gasteiger partial charge in [-0.15, -0.1) is 0 Å². The molecule has 1 aliphatic heterocycles. The first-order valence-electron chi connectivity index (χ1n) is 9.48. The fraction of sp³-hybridized carbons (Fsp3) is 0.381. The number of aromatic amines is 1. The number of halogens is 4. The van der Waals surface area contributed by atoms with E-state index in [9.17, 15) is 17.6 Å². The summed E-state index contributed by atoms with van der Waals surface area (Å²) < 4.78 is 58.2. The van der Waals surface area contributed by atoms with Crippen LogP contribution in [-0.4, -0.2) is 28.7 Å². The molecule has 29 heavy (non-hydrogen) atoms. The molecule has 0 radical (unpaired) electrons. The highest BCUT2D eigenvalue weighted by Gasteiger charge is 2.31. The predicted molar refractivity (Wildman–Crippen MR) is 101 cm³/mol. The third-order valence-electron chi connectivity index (χ3n) is 5.34. The summed E-state index contributed by atoms with van der Waals surface area (Å²) in [5, 5.41) is 3.45. The van der Waals surface area contributed by atoms with Crippen LogP contribution in [0.15, 0.2) is 42.7 Å². The number of H-pyrrole nitrogens is 1. The number of fused-ring (bicyclic) bond motifs is 1. The molecule has 8 heteroatoms. The molecule has 0 saturated carbocycles. The lowest BCUT2D eigenvalue weighted by Crippen LogP contribution is -2.46. The number of rotatable bonds is 4. The number of ether oxygens (including phenoxy) is 1. The Labute approximate surface area is 165 Å². The summed E-state index contributed by atoms with van der Waals surface area (Å²) in [7, 11) is 0. The lowest BCUT2D eigenvalue weighted by Gasteiger charge is -2.35. The molecule has 0 bridgehead atoms. The average molecular weight is 407 g/mol. The number of benzene rings is 2. The molecule has 154 valence electrons. The Morgan fingerprint density at radius 3 is 2.62 bits per heavy atom. The zero-order chi connectivity index (χ0) is 20.6. The van der Waals surface area contributed by atoms with E-state index in [1.54, 1.807) is 18.2 Å². The van der Waals surface area contributed by atoms with E-state index in [0.29, 0.717) is 17.9 Å². The van der Waals surface area contributed by atoms with Crippen LogP contribution in [0.3, 0.4) is 0 Å². The van der Waals surface area contributed by atoms with Crippen LogP contribution in [0.4, 0.5) is 17.6 Å². The standard InChI is InChI=1S/C21H21F4N3O/c1-12-6-14(13-2-4-15(5-3-13)21(23,24)25)7-16(28-12)10-29-17-8-18(22)20-19(9-17)26-11-27-20/h2-5,8-9,11-12,14,16,28H,6-7,10H2,1H3,(H,26,27). The monoisotopic (exact) mass is 407 g/mol. The minimum atomic E-state index is -4.33. The highest BCUT2D eigenvalue weighted by Crippen LogP contribution is 2.34. The SMILES string of the molecule is CC1CC(c2ccc(C(F)(F)F)cc2)CC(COc2cc(F)c3nc[nH]c3c2)N1. The van der Waals surface area contributed by atoms with E-state index in [1.165, 1.54) is 12.4 Å². The molecule has 3 aromatic rings. The van der Waals surface area contributed by atoms with E-state index in [2.05, 4.69) is 15.3 Å². The Hall–Kier alpha value is -2.61. The van der Waals surface area contributed by atoms with Crippen molar-refractivity contribution in [3.8, 4) is 5.75 Å². The molecule has 1 aromatic heterocycles. The molecule has 2 aromatic carbocycles. The lowest BCUT2D eigenvalue weighted by molar-refractivity contribution is -0.137. The van der Waals surface area contributed by atoms with Gasteiger partial charge >= 0.3 is 6.18 Å². The number of alkyl halides is 3. The van der Waals surface area contributed by atoms with E-state index in [0.717, 1.165) is 30.5 Å². The molecule has 0 amide bonds. The molecule has 1 fully saturated rings. The van der Waals surface area contributed by atoms with Crippen molar-refractivity contribution < 1.29 is 22.3 Å². The Kier molecular flexibility index (Phi) is 5.21. The predicted octanol–water partition coefficient (Wildman–Crippen LogP) is 5.02. The Morgan fingerprint density at radius 1 is 1.14 bits per heavy atom. The van der Waals surface area contributed by atoms with Crippen LogP contribution in [0, 0.1) is 5.82 Å². The van der Waals surface area contributed by atoms with Gasteiger partial charge in [-0.05, 0) is 43.4 Å². The van der Waals surface area contributed by atoms with Crippen molar-refractivity contribution in [2.75, 3.05) is 6.61 Å². The molecule has 0 spiro atoms. The van der Waals surface area contributed by atoms with Crippen LogP contribution >= 0.6 is 0 Å². The molecule has 4 rings (SSSR count). The lowest BCUT2D eigenvalue weighted by atomic mass is 9.83. The second-order valence-corrected chi connectivity index (χ2v) is 7.57. The number of imidazole rings is 1. The first-order chi connectivity index (χ1) is 13.8. The molecular weight excluding hydrogens is 386 g/mol. The fourth-order valence-electron chi connectivity index (χ4n) is 4.00. The van der Waals surface area contributed by atoms with Crippen LogP contribution in [0.25, 0.3) is 11.0 Å². The fourth-order valence-corrected chi connectivity index (χ4v) is 4.00. The zero-order valence-electron chi connectivity index (χ0n) is 15.8. The Morgan fingerprint density at radius 2 is 1.90 bits per heavy atom. The maximum atomic E-state index is 14.0. The number of piperidine rings is 1. The van der Waals surface area contributed by atoms with Gasteiger partial charge in [0, 0.05) is 24.2 Å². The maximum Gasteiger partial charge on any atom is 0.416 e. The van der Waals surface area contributed by atoms with Gasteiger partial charge in [0.15, 0.2) is 5.82 Å². The first-order valence-corrected chi connectivity index (χ1v) is 9.48.